The Labute approximate surface area is 121 Å². The molecule has 2 unspecified atom stereocenters. The summed E-state index contributed by atoms with van der Waals surface area (Å²) >= 11 is 3.54. The number of nitrogens with zero attached hydrogens (tertiary/aromatic N) is 2. The predicted octanol–water partition coefficient (Wildman–Crippen LogP) is 3.36. The van der Waals surface area contributed by atoms with Crippen LogP contribution < -0.4 is 0 Å². The summed E-state index contributed by atoms with van der Waals surface area (Å²) in [6.45, 7) is 9.10. The smallest absolute Gasteiger partial charge is 0.0235 e. The van der Waals surface area contributed by atoms with Crippen molar-refractivity contribution in [2.75, 3.05) is 38.1 Å². The van der Waals surface area contributed by atoms with E-state index in [-0.39, 0.29) is 0 Å². The van der Waals surface area contributed by atoms with Crippen molar-refractivity contribution in [1.29, 1.82) is 0 Å². The summed E-state index contributed by atoms with van der Waals surface area (Å²) in [6, 6.07) is 0.872. The van der Waals surface area contributed by atoms with E-state index in [1.807, 2.05) is 0 Å². The minimum Gasteiger partial charge on any atom is -0.302 e. The van der Waals surface area contributed by atoms with Gasteiger partial charge < -0.3 is 4.90 Å². The zero-order valence-electron chi connectivity index (χ0n) is 11.9. The van der Waals surface area contributed by atoms with Gasteiger partial charge >= 0.3 is 0 Å². The molecule has 2 rings (SSSR count). The molecule has 0 bridgehead atoms. The molecule has 0 N–H and O–H groups in total. The Balaban J connectivity index is 1.64. The van der Waals surface area contributed by atoms with Crippen LogP contribution in [0, 0.1) is 5.92 Å². The largest absolute Gasteiger partial charge is 0.302 e. The van der Waals surface area contributed by atoms with E-state index < -0.39 is 0 Å². The van der Waals surface area contributed by atoms with Gasteiger partial charge in [0, 0.05) is 17.9 Å². The lowest BCUT2D eigenvalue weighted by Gasteiger charge is -2.32. The third-order valence-electron chi connectivity index (χ3n) is 4.69. The monoisotopic (exact) mass is 316 g/mol. The van der Waals surface area contributed by atoms with Crippen molar-refractivity contribution in [1.82, 2.24) is 9.80 Å². The highest BCUT2D eigenvalue weighted by molar-refractivity contribution is 9.09. The predicted molar refractivity (Wildman–Crippen MR) is 82.5 cm³/mol. The molecule has 2 fully saturated rings. The third-order valence-corrected chi connectivity index (χ3v) is 5.15. The van der Waals surface area contributed by atoms with Gasteiger partial charge in [-0.1, -0.05) is 29.3 Å². The summed E-state index contributed by atoms with van der Waals surface area (Å²) in [5.74, 6) is 0.874. The van der Waals surface area contributed by atoms with Gasteiger partial charge in [-0.2, -0.15) is 0 Å². The lowest BCUT2D eigenvalue weighted by molar-refractivity contribution is 0.161. The summed E-state index contributed by atoms with van der Waals surface area (Å²) in [5.41, 5.74) is 0. The molecule has 0 radical (unpaired) electrons. The van der Waals surface area contributed by atoms with E-state index in [4.69, 9.17) is 0 Å². The summed E-state index contributed by atoms with van der Waals surface area (Å²) in [5, 5.41) is 1.16. The molecule has 106 valence electrons. The molecule has 0 amide bonds. The number of hydrogen-bond acceptors (Lipinski definition) is 2. The summed E-state index contributed by atoms with van der Waals surface area (Å²) in [7, 11) is 0. The number of halogens is 1. The Kier molecular flexibility index (Phi) is 6.46. The van der Waals surface area contributed by atoms with Crippen LogP contribution in [0.1, 0.15) is 45.4 Å². The second-order valence-corrected chi connectivity index (χ2v) is 7.00. The maximum Gasteiger partial charge on any atom is 0.0235 e. The Morgan fingerprint density at radius 1 is 1.11 bits per heavy atom. The van der Waals surface area contributed by atoms with Crippen molar-refractivity contribution in [3.63, 3.8) is 0 Å². The summed E-state index contributed by atoms with van der Waals surface area (Å²) in [4.78, 5) is 5.45. The maximum atomic E-state index is 3.54. The average Bonchev–Trinajstić information content (AvgIpc) is 2.87. The second kappa shape index (κ2) is 7.86. The fourth-order valence-electron chi connectivity index (χ4n) is 3.33. The zero-order valence-corrected chi connectivity index (χ0v) is 13.5. The molecule has 3 heteroatoms. The van der Waals surface area contributed by atoms with Crippen molar-refractivity contribution in [3.8, 4) is 0 Å². The summed E-state index contributed by atoms with van der Waals surface area (Å²) in [6.07, 6.45) is 8.42. The first kappa shape index (κ1) is 14.8. The van der Waals surface area contributed by atoms with Crippen LogP contribution in [-0.4, -0.2) is 53.9 Å². The summed E-state index contributed by atoms with van der Waals surface area (Å²) < 4.78 is 0. The standard InChI is InChI=1S/C15H29BrN2/c1-14(5-8-16)6-11-17-12-7-15(13-17)18-9-3-2-4-10-18/h14-15H,2-13H2,1H3. The molecule has 2 nitrogen and oxygen atoms in total. The zero-order chi connectivity index (χ0) is 12.8. The van der Waals surface area contributed by atoms with E-state index in [2.05, 4.69) is 32.7 Å². The Morgan fingerprint density at radius 2 is 1.89 bits per heavy atom. The Bertz CT molecular complexity index is 229. The Hall–Kier alpha value is 0.400. The van der Waals surface area contributed by atoms with E-state index in [9.17, 15) is 0 Å². The van der Waals surface area contributed by atoms with Crippen LogP contribution in [0.5, 0.6) is 0 Å². The molecular weight excluding hydrogens is 288 g/mol. The van der Waals surface area contributed by atoms with E-state index in [0.29, 0.717) is 0 Å². The van der Waals surface area contributed by atoms with E-state index in [1.54, 1.807) is 0 Å². The number of likely N-dealkylation sites (tertiary alicyclic amines) is 2. The van der Waals surface area contributed by atoms with Crippen molar-refractivity contribution in [3.05, 3.63) is 0 Å². The van der Waals surface area contributed by atoms with Gasteiger partial charge in [-0.25, -0.2) is 0 Å². The minimum atomic E-state index is 0.872. The van der Waals surface area contributed by atoms with Crippen molar-refractivity contribution in [2.45, 2.75) is 51.5 Å². The topological polar surface area (TPSA) is 6.48 Å². The van der Waals surface area contributed by atoms with Gasteiger partial charge in [-0.15, -0.1) is 0 Å². The second-order valence-electron chi connectivity index (χ2n) is 6.21. The lowest BCUT2D eigenvalue weighted by Crippen LogP contribution is -2.41. The number of piperidine rings is 1. The van der Waals surface area contributed by atoms with Crippen LogP contribution in [0.3, 0.4) is 0 Å². The number of hydrogen-bond donors (Lipinski definition) is 0. The quantitative estimate of drug-likeness (QED) is 0.693. The van der Waals surface area contributed by atoms with Gasteiger partial charge in [0.15, 0.2) is 0 Å². The lowest BCUT2D eigenvalue weighted by atomic mass is 10.1. The number of rotatable bonds is 6. The van der Waals surface area contributed by atoms with Gasteiger partial charge in [-0.3, -0.25) is 4.90 Å². The molecule has 0 aliphatic carbocycles. The highest BCUT2D eigenvalue weighted by Crippen LogP contribution is 2.21. The normalized spacial score (nSPS) is 28.7. The SMILES string of the molecule is CC(CCBr)CCN1CCC(N2CCCCC2)C1. The van der Waals surface area contributed by atoms with Crippen LogP contribution in [0.15, 0.2) is 0 Å². The van der Waals surface area contributed by atoms with Crippen LogP contribution in [0.2, 0.25) is 0 Å². The van der Waals surface area contributed by atoms with Crippen molar-refractivity contribution < 1.29 is 0 Å². The molecular formula is C15H29BrN2. The molecule has 0 aromatic carbocycles. The van der Waals surface area contributed by atoms with E-state index >= 15 is 0 Å². The molecule has 2 saturated heterocycles. The van der Waals surface area contributed by atoms with Crippen LogP contribution >= 0.6 is 15.9 Å². The van der Waals surface area contributed by atoms with Crippen molar-refractivity contribution >= 4 is 15.9 Å². The molecule has 0 saturated carbocycles. The molecule has 0 spiro atoms. The first-order valence-electron chi connectivity index (χ1n) is 7.82. The molecule has 0 aromatic heterocycles. The van der Waals surface area contributed by atoms with Crippen molar-refractivity contribution in [2.24, 2.45) is 5.92 Å². The van der Waals surface area contributed by atoms with E-state index in [0.717, 1.165) is 17.3 Å². The fraction of sp³-hybridized carbons (Fsp3) is 1.00. The van der Waals surface area contributed by atoms with E-state index in [1.165, 1.54) is 71.2 Å². The average molecular weight is 317 g/mol. The van der Waals surface area contributed by atoms with Gasteiger partial charge in [-0.05, 0) is 64.2 Å². The fourth-order valence-corrected chi connectivity index (χ4v) is 4.11. The van der Waals surface area contributed by atoms with Gasteiger partial charge in [0.25, 0.3) is 0 Å². The number of alkyl halides is 1. The van der Waals surface area contributed by atoms with Crippen LogP contribution in [-0.2, 0) is 0 Å². The Morgan fingerprint density at radius 3 is 2.61 bits per heavy atom. The molecule has 18 heavy (non-hydrogen) atoms. The highest BCUT2D eigenvalue weighted by Gasteiger charge is 2.28. The van der Waals surface area contributed by atoms with Crippen LogP contribution in [0.4, 0.5) is 0 Å². The van der Waals surface area contributed by atoms with Gasteiger partial charge in [0.05, 0.1) is 0 Å². The third kappa shape index (κ3) is 4.50. The van der Waals surface area contributed by atoms with Crippen LogP contribution in [0.25, 0.3) is 0 Å². The highest BCUT2D eigenvalue weighted by atomic mass is 79.9. The first-order valence-corrected chi connectivity index (χ1v) is 8.94. The molecule has 2 aliphatic rings. The minimum absolute atomic E-state index is 0.872. The molecule has 2 heterocycles. The molecule has 2 aliphatic heterocycles. The maximum absolute atomic E-state index is 3.54. The first-order chi connectivity index (χ1) is 8.79. The molecule has 2 atom stereocenters. The molecule has 0 aromatic rings. The van der Waals surface area contributed by atoms with Gasteiger partial charge in [0.2, 0.25) is 0 Å². The van der Waals surface area contributed by atoms with Gasteiger partial charge in [0.1, 0.15) is 0 Å².